The molecule has 0 saturated heterocycles. The van der Waals surface area contributed by atoms with Crippen molar-refractivity contribution in [3.8, 4) is 11.5 Å². The summed E-state index contributed by atoms with van der Waals surface area (Å²) in [5, 5.41) is 7.52. The van der Waals surface area contributed by atoms with Crippen LogP contribution in [0.5, 0.6) is 11.5 Å². The lowest BCUT2D eigenvalue weighted by atomic mass is 10.2. The molecule has 0 bridgehead atoms. The van der Waals surface area contributed by atoms with Gasteiger partial charge in [-0.15, -0.1) is 5.10 Å². The molecule has 10 heteroatoms. The number of nitrogens with one attached hydrogen (secondary N) is 1. The van der Waals surface area contributed by atoms with Crippen LogP contribution < -0.4 is 26.0 Å². The molecular weight excluding hydrogens is 450 g/mol. The fraction of sp³-hybridized carbons (Fsp3) is 0.120. The van der Waals surface area contributed by atoms with E-state index < -0.39 is 11.6 Å². The zero-order valence-electron chi connectivity index (χ0n) is 18.4. The van der Waals surface area contributed by atoms with Gasteiger partial charge in [0.2, 0.25) is 18.5 Å². The summed E-state index contributed by atoms with van der Waals surface area (Å²) in [6.07, 6.45) is 0. The summed E-state index contributed by atoms with van der Waals surface area (Å²) in [7, 11) is 0. The Bertz CT molecular complexity index is 1720. The number of para-hydroxylation sites is 1. The third-order valence-electron chi connectivity index (χ3n) is 5.82. The first-order valence-electron chi connectivity index (χ1n) is 10.9. The second-order valence-electron chi connectivity index (χ2n) is 8.09. The maximum atomic E-state index is 13.3. The van der Waals surface area contributed by atoms with Crippen LogP contribution in [0.2, 0.25) is 0 Å². The number of rotatable bonds is 5. The molecule has 5 aromatic rings. The van der Waals surface area contributed by atoms with E-state index >= 15 is 0 Å². The topological polar surface area (TPSA) is 109 Å². The van der Waals surface area contributed by atoms with E-state index in [4.69, 9.17) is 9.47 Å². The smallest absolute Gasteiger partial charge is 0.352 e. The molecule has 0 fully saturated rings. The van der Waals surface area contributed by atoms with Gasteiger partial charge in [0.25, 0.3) is 5.56 Å². The van der Waals surface area contributed by atoms with Gasteiger partial charge in [-0.25, -0.2) is 13.9 Å². The summed E-state index contributed by atoms with van der Waals surface area (Å²) in [6.45, 7) is 0.0265. The Morgan fingerprint density at radius 2 is 1.71 bits per heavy atom. The van der Waals surface area contributed by atoms with E-state index in [1.807, 2.05) is 30.3 Å². The van der Waals surface area contributed by atoms with E-state index in [9.17, 15) is 14.4 Å². The summed E-state index contributed by atoms with van der Waals surface area (Å²) in [4.78, 5) is 39.4. The lowest BCUT2D eigenvalue weighted by Gasteiger charge is -2.09. The second kappa shape index (κ2) is 8.17. The minimum Gasteiger partial charge on any atom is -0.454 e. The van der Waals surface area contributed by atoms with Crippen LogP contribution in [-0.4, -0.2) is 31.4 Å². The van der Waals surface area contributed by atoms with Crippen LogP contribution >= 0.6 is 0 Å². The van der Waals surface area contributed by atoms with Gasteiger partial charge in [0, 0.05) is 11.8 Å². The average molecular weight is 469 g/mol. The van der Waals surface area contributed by atoms with Crippen LogP contribution in [0.4, 0.5) is 5.69 Å². The van der Waals surface area contributed by atoms with Crippen molar-refractivity contribution >= 4 is 28.3 Å². The van der Waals surface area contributed by atoms with E-state index in [0.717, 1.165) is 10.2 Å². The molecule has 0 spiro atoms. The van der Waals surface area contributed by atoms with E-state index in [1.165, 1.54) is 8.97 Å². The zero-order chi connectivity index (χ0) is 23.9. The fourth-order valence-corrected chi connectivity index (χ4v) is 4.19. The second-order valence-corrected chi connectivity index (χ2v) is 8.09. The van der Waals surface area contributed by atoms with Crippen molar-refractivity contribution in [3.63, 3.8) is 0 Å². The molecule has 2 aromatic heterocycles. The maximum absolute atomic E-state index is 13.3. The first-order chi connectivity index (χ1) is 17.1. The number of nitrogens with zero attached hydrogens (tertiary/aromatic N) is 4. The van der Waals surface area contributed by atoms with Crippen molar-refractivity contribution < 1.29 is 14.3 Å². The first-order valence-corrected chi connectivity index (χ1v) is 10.9. The number of carbonyl (C=O) groups is 1. The summed E-state index contributed by atoms with van der Waals surface area (Å²) < 4.78 is 14.5. The molecule has 0 saturated carbocycles. The van der Waals surface area contributed by atoms with Gasteiger partial charge in [-0.2, -0.15) is 0 Å². The number of amides is 1. The van der Waals surface area contributed by atoms with Gasteiger partial charge >= 0.3 is 5.69 Å². The Balaban J connectivity index is 1.40. The van der Waals surface area contributed by atoms with E-state index in [0.29, 0.717) is 28.1 Å². The fourth-order valence-electron chi connectivity index (χ4n) is 4.19. The monoisotopic (exact) mass is 469 g/mol. The van der Waals surface area contributed by atoms with Crippen molar-refractivity contribution in [1.82, 2.24) is 18.7 Å². The van der Waals surface area contributed by atoms with E-state index in [1.54, 1.807) is 42.5 Å². The number of hydrogen-bond acceptors (Lipinski definition) is 6. The van der Waals surface area contributed by atoms with Crippen molar-refractivity contribution in [3.05, 3.63) is 99.2 Å². The molecule has 1 aliphatic rings. The van der Waals surface area contributed by atoms with E-state index in [-0.39, 0.29) is 31.2 Å². The third-order valence-corrected chi connectivity index (χ3v) is 5.82. The molecule has 0 radical (unpaired) electrons. The summed E-state index contributed by atoms with van der Waals surface area (Å²) in [5.41, 5.74) is 1.04. The highest BCUT2D eigenvalue weighted by Gasteiger charge is 2.19. The summed E-state index contributed by atoms with van der Waals surface area (Å²) in [5.74, 6) is 0.848. The number of benzene rings is 3. The Hall–Kier alpha value is -4.86. The van der Waals surface area contributed by atoms with Gasteiger partial charge in [0.15, 0.2) is 11.5 Å². The highest BCUT2D eigenvalue weighted by atomic mass is 16.7. The third kappa shape index (κ3) is 3.61. The van der Waals surface area contributed by atoms with Crippen LogP contribution in [0.1, 0.15) is 5.56 Å². The standard InChI is InChI=1S/C25H19N5O5/c31-22(26-17-10-11-20-21(12-17)35-15-34-20)14-29-25(33)30-19-9-5-4-8-18(19)23(32)28(24(30)27-29)13-16-6-2-1-3-7-16/h1-12H,13-15H2,(H,26,31). The highest BCUT2D eigenvalue weighted by molar-refractivity contribution is 5.91. The van der Waals surface area contributed by atoms with Crippen LogP contribution in [0, 0.1) is 0 Å². The van der Waals surface area contributed by atoms with Gasteiger partial charge in [0.1, 0.15) is 6.54 Å². The molecular formula is C25H19N5O5. The van der Waals surface area contributed by atoms with Crippen molar-refractivity contribution in [1.29, 1.82) is 0 Å². The van der Waals surface area contributed by atoms with Gasteiger partial charge in [-0.05, 0) is 29.8 Å². The van der Waals surface area contributed by atoms with Crippen LogP contribution in [-0.2, 0) is 17.9 Å². The molecule has 1 aliphatic heterocycles. The Morgan fingerprint density at radius 1 is 0.943 bits per heavy atom. The number of carbonyl (C=O) groups excluding carboxylic acids is 1. The lowest BCUT2D eigenvalue weighted by molar-refractivity contribution is -0.117. The summed E-state index contributed by atoms with van der Waals surface area (Å²) >= 11 is 0. The summed E-state index contributed by atoms with van der Waals surface area (Å²) in [6, 6.07) is 21.3. The van der Waals surface area contributed by atoms with Crippen LogP contribution in [0.3, 0.4) is 0 Å². The van der Waals surface area contributed by atoms with Crippen molar-refractivity contribution in [2.24, 2.45) is 0 Å². The molecule has 3 heterocycles. The molecule has 3 aromatic carbocycles. The zero-order valence-corrected chi connectivity index (χ0v) is 18.4. The van der Waals surface area contributed by atoms with Gasteiger partial charge in [-0.1, -0.05) is 42.5 Å². The molecule has 35 heavy (non-hydrogen) atoms. The highest BCUT2D eigenvalue weighted by Crippen LogP contribution is 2.34. The number of anilines is 1. The molecule has 1 amide bonds. The van der Waals surface area contributed by atoms with Gasteiger partial charge < -0.3 is 14.8 Å². The molecule has 174 valence electrons. The molecule has 0 aliphatic carbocycles. The lowest BCUT2D eigenvalue weighted by Crippen LogP contribution is -2.29. The Labute approximate surface area is 197 Å². The van der Waals surface area contributed by atoms with E-state index in [2.05, 4.69) is 10.4 Å². The van der Waals surface area contributed by atoms with Crippen molar-refractivity contribution in [2.75, 3.05) is 12.1 Å². The number of ether oxygens (including phenoxy) is 2. The van der Waals surface area contributed by atoms with Gasteiger partial charge in [0.05, 0.1) is 17.4 Å². The largest absolute Gasteiger partial charge is 0.454 e. The number of aromatic nitrogens is 4. The van der Waals surface area contributed by atoms with Crippen LogP contribution in [0.25, 0.3) is 16.7 Å². The number of hydrogen-bond donors (Lipinski definition) is 1. The minimum atomic E-state index is -0.515. The Kier molecular flexibility index (Phi) is 4.84. The predicted molar refractivity (Wildman–Crippen MR) is 128 cm³/mol. The molecule has 0 atom stereocenters. The molecule has 0 unspecified atom stereocenters. The quantitative estimate of drug-likeness (QED) is 0.423. The normalized spacial score (nSPS) is 12.3. The SMILES string of the molecule is O=C(Cn1nc2n(Cc3ccccc3)c(=O)c3ccccc3n2c1=O)Nc1ccc2c(c1)OCO2. The average Bonchev–Trinajstić information content (AvgIpc) is 3.46. The number of fused-ring (bicyclic) bond motifs is 4. The minimum absolute atomic E-state index is 0.127. The maximum Gasteiger partial charge on any atom is 0.352 e. The predicted octanol–water partition coefficient (Wildman–Crippen LogP) is 2.23. The first kappa shape index (κ1) is 20.7. The molecule has 10 nitrogen and oxygen atoms in total. The van der Waals surface area contributed by atoms with Crippen LogP contribution in [0.15, 0.2) is 82.4 Å². The van der Waals surface area contributed by atoms with Crippen molar-refractivity contribution in [2.45, 2.75) is 13.1 Å². The van der Waals surface area contributed by atoms with Gasteiger partial charge in [-0.3, -0.25) is 14.2 Å². The molecule has 1 N–H and O–H groups in total. The Morgan fingerprint density at radius 3 is 2.57 bits per heavy atom. The molecule has 6 rings (SSSR count).